The van der Waals surface area contributed by atoms with Crippen LogP contribution in [0.4, 0.5) is 0 Å². The van der Waals surface area contributed by atoms with Crippen LogP contribution in [0.5, 0.6) is 5.88 Å². The molecule has 1 aromatic heterocycles. The summed E-state index contributed by atoms with van der Waals surface area (Å²) in [4.78, 5) is 29.9. The number of piperazine rings is 1. The van der Waals surface area contributed by atoms with Crippen molar-refractivity contribution >= 4 is 11.8 Å². The molecule has 1 fully saturated rings. The number of rotatable bonds is 5. The zero-order valence-corrected chi connectivity index (χ0v) is 12.6. The predicted molar refractivity (Wildman–Crippen MR) is 77.6 cm³/mol. The molecule has 0 bridgehead atoms. The molecule has 0 aliphatic carbocycles. The van der Waals surface area contributed by atoms with Crippen molar-refractivity contribution in [3.8, 4) is 5.88 Å². The summed E-state index contributed by atoms with van der Waals surface area (Å²) < 4.78 is 5.00. The maximum atomic E-state index is 12.4. The number of amides is 2. The Bertz CT molecular complexity index is 513. The van der Waals surface area contributed by atoms with Gasteiger partial charge in [0.1, 0.15) is 6.04 Å². The number of ether oxygens (including phenoxy) is 1. The van der Waals surface area contributed by atoms with Crippen LogP contribution >= 0.6 is 0 Å². The molecule has 0 spiro atoms. The summed E-state index contributed by atoms with van der Waals surface area (Å²) in [6.45, 7) is 4.55. The molecule has 6 heteroatoms. The van der Waals surface area contributed by atoms with Crippen LogP contribution in [0.1, 0.15) is 25.8 Å². The van der Waals surface area contributed by atoms with E-state index in [2.05, 4.69) is 10.3 Å². The molecule has 2 amide bonds. The maximum absolute atomic E-state index is 12.4. The Morgan fingerprint density at radius 2 is 2.19 bits per heavy atom. The van der Waals surface area contributed by atoms with Crippen LogP contribution in [-0.2, 0) is 16.1 Å². The van der Waals surface area contributed by atoms with Gasteiger partial charge in [0.05, 0.1) is 13.7 Å². The fourth-order valence-corrected chi connectivity index (χ4v) is 2.38. The Morgan fingerprint density at radius 3 is 2.76 bits per heavy atom. The smallest absolute Gasteiger partial charge is 0.245 e. The summed E-state index contributed by atoms with van der Waals surface area (Å²) >= 11 is 0. The van der Waals surface area contributed by atoms with E-state index in [-0.39, 0.29) is 18.4 Å². The van der Waals surface area contributed by atoms with Gasteiger partial charge in [-0.15, -0.1) is 0 Å². The zero-order chi connectivity index (χ0) is 15.4. The van der Waals surface area contributed by atoms with Gasteiger partial charge in [0, 0.05) is 18.8 Å². The lowest BCUT2D eigenvalue weighted by Gasteiger charge is -2.33. The van der Waals surface area contributed by atoms with Crippen molar-refractivity contribution in [3.05, 3.63) is 23.9 Å². The Kier molecular flexibility index (Phi) is 4.77. The fourth-order valence-electron chi connectivity index (χ4n) is 2.38. The van der Waals surface area contributed by atoms with Crippen LogP contribution < -0.4 is 10.1 Å². The van der Waals surface area contributed by atoms with E-state index in [1.54, 1.807) is 24.3 Å². The fraction of sp³-hybridized carbons (Fsp3) is 0.533. The SMILES string of the molecule is COc1ccc(CN2CC(=O)NC(CC(C)C)C2=O)cn1. The average molecular weight is 291 g/mol. The van der Waals surface area contributed by atoms with Crippen LogP contribution in [0.2, 0.25) is 0 Å². The number of aromatic nitrogens is 1. The molecule has 0 saturated carbocycles. The molecule has 0 radical (unpaired) electrons. The summed E-state index contributed by atoms with van der Waals surface area (Å²) in [7, 11) is 1.55. The van der Waals surface area contributed by atoms with Crippen LogP contribution in [-0.4, -0.2) is 41.4 Å². The summed E-state index contributed by atoms with van der Waals surface area (Å²) in [5.74, 6) is 0.738. The molecule has 1 aliphatic heterocycles. The molecule has 6 nitrogen and oxygen atoms in total. The quantitative estimate of drug-likeness (QED) is 0.877. The molecule has 2 heterocycles. The number of nitrogens with zero attached hydrogens (tertiary/aromatic N) is 2. The molecule has 1 saturated heterocycles. The van der Waals surface area contributed by atoms with Gasteiger partial charge in [-0.3, -0.25) is 9.59 Å². The van der Waals surface area contributed by atoms with Gasteiger partial charge in [0.25, 0.3) is 0 Å². The third kappa shape index (κ3) is 3.93. The highest BCUT2D eigenvalue weighted by molar-refractivity contribution is 5.94. The highest BCUT2D eigenvalue weighted by atomic mass is 16.5. The highest BCUT2D eigenvalue weighted by Gasteiger charge is 2.32. The zero-order valence-electron chi connectivity index (χ0n) is 12.6. The molecule has 114 valence electrons. The average Bonchev–Trinajstić information content (AvgIpc) is 2.44. The highest BCUT2D eigenvalue weighted by Crippen LogP contribution is 2.15. The van der Waals surface area contributed by atoms with Crippen LogP contribution in [0.25, 0.3) is 0 Å². The van der Waals surface area contributed by atoms with Crippen molar-refractivity contribution in [2.24, 2.45) is 5.92 Å². The van der Waals surface area contributed by atoms with Gasteiger partial charge in [0.2, 0.25) is 17.7 Å². The minimum Gasteiger partial charge on any atom is -0.481 e. The summed E-state index contributed by atoms with van der Waals surface area (Å²) in [6.07, 6.45) is 2.32. The van der Waals surface area contributed by atoms with E-state index in [0.29, 0.717) is 24.8 Å². The number of pyridine rings is 1. The normalized spacial score (nSPS) is 18.9. The number of hydrogen-bond acceptors (Lipinski definition) is 4. The second-order valence-electron chi connectivity index (χ2n) is 5.65. The topological polar surface area (TPSA) is 71.5 Å². The van der Waals surface area contributed by atoms with Crippen molar-refractivity contribution < 1.29 is 14.3 Å². The molecule has 2 rings (SSSR count). The molecule has 21 heavy (non-hydrogen) atoms. The van der Waals surface area contributed by atoms with E-state index in [4.69, 9.17) is 4.74 Å². The summed E-state index contributed by atoms with van der Waals surface area (Å²) in [6, 6.07) is 3.18. The van der Waals surface area contributed by atoms with Gasteiger partial charge in [0.15, 0.2) is 0 Å². The first-order chi connectivity index (χ1) is 9.99. The largest absolute Gasteiger partial charge is 0.481 e. The van der Waals surface area contributed by atoms with E-state index >= 15 is 0 Å². The van der Waals surface area contributed by atoms with Gasteiger partial charge in [-0.2, -0.15) is 0 Å². The number of carbonyl (C=O) groups is 2. The van der Waals surface area contributed by atoms with E-state index in [1.165, 1.54) is 0 Å². The Labute approximate surface area is 124 Å². The van der Waals surface area contributed by atoms with Crippen molar-refractivity contribution in [1.82, 2.24) is 15.2 Å². The van der Waals surface area contributed by atoms with Crippen molar-refractivity contribution in [3.63, 3.8) is 0 Å². The lowest BCUT2D eigenvalue weighted by Crippen LogP contribution is -2.57. The van der Waals surface area contributed by atoms with Crippen molar-refractivity contribution in [2.75, 3.05) is 13.7 Å². The minimum atomic E-state index is -0.419. The van der Waals surface area contributed by atoms with E-state index in [1.807, 2.05) is 19.9 Å². The molecular weight excluding hydrogens is 270 g/mol. The molecular formula is C15H21N3O3. The number of methoxy groups -OCH3 is 1. The summed E-state index contributed by atoms with van der Waals surface area (Å²) in [5, 5.41) is 2.77. The minimum absolute atomic E-state index is 0.0286. The Morgan fingerprint density at radius 1 is 1.43 bits per heavy atom. The Balaban J connectivity index is 2.06. The van der Waals surface area contributed by atoms with Gasteiger partial charge in [-0.1, -0.05) is 19.9 Å². The molecule has 1 unspecified atom stereocenters. The van der Waals surface area contributed by atoms with Crippen LogP contribution in [0.3, 0.4) is 0 Å². The second-order valence-corrected chi connectivity index (χ2v) is 5.65. The lowest BCUT2D eigenvalue weighted by molar-refractivity contribution is -0.145. The second kappa shape index (κ2) is 6.56. The van der Waals surface area contributed by atoms with Gasteiger partial charge in [-0.05, 0) is 17.9 Å². The first-order valence-electron chi connectivity index (χ1n) is 7.06. The van der Waals surface area contributed by atoms with Gasteiger partial charge >= 0.3 is 0 Å². The van der Waals surface area contributed by atoms with Gasteiger partial charge < -0.3 is 15.0 Å². The third-order valence-electron chi connectivity index (χ3n) is 3.37. The maximum Gasteiger partial charge on any atom is 0.245 e. The van der Waals surface area contributed by atoms with Gasteiger partial charge in [-0.25, -0.2) is 4.98 Å². The monoisotopic (exact) mass is 291 g/mol. The van der Waals surface area contributed by atoms with Crippen molar-refractivity contribution in [1.29, 1.82) is 0 Å². The molecule has 0 aromatic carbocycles. The predicted octanol–water partition coefficient (Wildman–Crippen LogP) is 0.963. The number of carbonyl (C=O) groups excluding carboxylic acids is 2. The van der Waals surface area contributed by atoms with Crippen LogP contribution in [0.15, 0.2) is 18.3 Å². The Hall–Kier alpha value is -2.11. The van der Waals surface area contributed by atoms with E-state index in [0.717, 1.165) is 5.56 Å². The van der Waals surface area contributed by atoms with E-state index in [9.17, 15) is 9.59 Å². The molecule has 1 aliphatic rings. The molecule has 1 aromatic rings. The summed E-state index contributed by atoms with van der Waals surface area (Å²) in [5.41, 5.74) is 0.877. The molecule has 1 atom stereocenters. The standard InChI is InChI=1S/C15H21N3O3/c1-10(2)6-12-15(20)18(9-13(19)17-12)8-11-4-5-14(21-3)16-7-11/h4-5,7,10,12H,6,8-9H2,1-3H3,(H,17,19). The van der Waals surface area contributed by atoms with Crippen LogP contribution in [0, 0.1) is 5.92 Å². The number of nitrogens with one attached hydrogen (secondary N) is 1. The molecule has 1 N–H and O–H groups in total. The van der Waals surface area contributed by atoms with Crippen molar-refractivity contribution in [2.45, 2.75) is 32.9 Å². The first kappa shape index (κ1) is 15.3. The first-order valence-corrected chi connectivity index (χ1v) is 7.06. The lowest BCUT2D eigenvalue weighted by atomic mass is 10.0. The number of hydrogen-bond donors (Lipinski definition) is 1. The van der Waals surface area contributed by atoms with E-state index < -0.39 is 6.04 Å². The third-order valence-corrected chi connectivity index (χ3v) is 3.37.